The summed E-state index contributed by atoms with van der Waals surface area (Å²) < 4.78 is 52.9. The molecule has 1 N–H and O–H groups in total. The lowest BCUT2D eigenvalue weighted by Gasteiger charge is -2.33. The second kappa shape index (κ2) is 12.3. The number of anilines is 1. The second-order valence-corrected chi connectivity index (χ2v) is 10.9. The van der Waals surface area contributed by atoms with Crippen LogP contribution in [0.15, 0.2) is 42.5 Å². The third kappa shape index (κ3) is 8.17. The van der Waals surface area contributed by atoms with Crippen LogP contribution in [-0.4, -0.2) is 50.5 Å². The summed E-state index contributed by atoms with van der Waals surface area (Å²) in [5, 5.41) is 2.51. The van der Waals surface area contributed by atoms with Gasteiger partial charge in [-0.2, -0.15) is 0 Å². The zero-order chi connectivity index (χ0) is 26.3. The summed E-state index contributed by atoms with van der Waals surface area (Å²) in [7, 11) is -3.97. The van der Waals surface area contributed by atoms with E-state index >= 15 is 0 Å². The summed E-state index contributed by atoms with van der Waals surface area (Å²) >= 11 is 5.83. The molecule has 7 nitrogen and oxygen atoms in total. The highest BCUT2D eigenvalue weighted by Gasteiger charge is 2.32. The fourth-order valence-electron chi connectivity index (χ4n) is 3.38. The van der Waals surface area contributed by atoms with Gasteiger partial charge in [-0.3, -0.25) is 13.9 Å². The van der Waals surface area contributed by atoms with Gasteiger partial charge in [-0.1, -0.05) is 44.5 Å². The first-order valence-corrected chi connectivity index (χ1v) is 13.3. The van der Waals surface area contributed by atoms with Gasteiger partial charge in [0.05, 0.1) is 17.0 Å². The highest BCUT2D eigenvalue weighted by atomic mass is 35.5. The predicted molar refractivity (Wildman–Crippen MR) is 132 cm³/mol. The topological polar surface area (TPSA) is 86.8 Å². The van der Waals surface area contributed by atoms with Crippen molar-refractivity contribution in [3.8, 4) is 0 Å². The van der Waals surface area contributed by atoms with Crippen molar-refractivity contribution in [3.63, 3.8) is 0 Å². The van der Waals surface area contributed by atoms with Crippen molar-refractivity contribution in [1.29, 1.82) is 0 Å². The summed E-state index contributed by atoms with van der Waals surface area (Å²) in [4.78, 5) is 27.7. The Hall–Kier alpha value is -2.72. The fraction of sp³-hybridized carbons (Fsp3) is 0.417. The second-order valence-electron chi connectivity index (χ2n) is 8.58. The first-order valence-electron chi connectivity index (χ1n) is 11.1. The van der Waals surface area contributed by atoms with Crippen molar-refractivity contribution in [1.82, 2.24) is 10.2 Å². The Morgan fingerprint density at radius 3 is 2.23 bits per heavy atom. The Morgan fingerprint density at radius 2 is 1.71 bits per heavy atom. The molecule has 11 heteroatoms. The molecule has 0 spiro atoms. The zero-order valence-electron chi connectivity index (χ0n) is 20.1. The van der Waals surface area contributed by atoms with E-state index in [9.17, 15) is 26.8 Å². The summed E-state index contributed by atoms with van der Waals surface area (Å²) in [6.45, 7) is 5.31. The lowest BCUT2D eigenvalue weighted by molar-refractivity contribution is -0.140. The molecule has 0 aliphatic rings. The molecule has 0 radical (unpaired) electrons. The van der Waals surface area contributed by atoms with Gasteiger partial charge < -0.3 is 10.2 Å². The van der Waals surface area contributed by atoms with Gasteiger partial charge in [0.25, 0.3) is 0 Å². The van der Waals surface area contributed by atoms with Crippen molar-refractivity contribution < 1.29 is 26.8 Å². The minimum absolute atomic E-state index is 0.00582. The van der Waals surface area contributed by atoms with Gasteiger partial charge in [0, 0.05) is 13.1 Å². The van der Waals surface area contributed by atoms with Crippen LogP contribution in [0, 0.1) is 17.6 Å². The molecule has 2 aromatic rings. The van der Waals surface area contributed by atoms with Gasteiger partial charge in [0.1, 0.15) is 24.2 Å². The largest absolute Gasteiger partial charge is 0.354 e. The van der Waals surface area contributed by atoms with Gasteiger partial charge in [-0.05, 0) is 48.2 Å². The molecular formula is C24H30ClF2N3O4S. The number of hydrogen-bond donors (Lipinski definition) is 1. The average Bonchev–Trinajstić information content (AvgIpc) is 2.78. The number of hydrogen-bond acceptors (Lipinski definition) is 4. The van der Waals surface area contributed by atoms with Crippen LogP contribution < -0.4 is 9.62 Å². The molecule has 2 rings (SSSR count). The van der Waals surface area contributed by atoms with E-state index in [-0.39, 0.29) is 35.5 Å². The number of nitrogens with one attached hydrogen (secondary N) is 1. The Morgan fingerprint density at radius 1 is 1.09 bits per heavy atom. The molecule has 0 aliphatic heterocycles. The van der Waals surface area contributed by atoms with Crippen LogP contribution in [-0.2, 0) is 26.2 Å². The van der Waals surface area contributed by atoms with E-state index in [1.807, 2.05) is 13.8 Å². The standard InChI is InChI=1S/C24H30ClF2N3O4S/c1-5-22(24(32)28-13-16(2)3)29(14-17-6-8-18(26)9-7-17)23(31)15-30(35(4,33)34)19-10-11-21(27)20(25)12-19/h6-12,16,22H,5,13-15H2,1-4H3,(H,28,32)/t22-/m0/s1. The highest BCUT2D eigenvalue weighted by Crippen LogP contribution is 2.25. The molecule has 2 amide bonds. The fourth-order valence-corrected chi connectivity index (χ4v) is 4.40. The van der Waals surface area contributed by atoms with Crippen molar-refractivity contribution >= 4 is 39.1 Å². The molecule has 0 bridgehead atoms. The Labute approximate surface area is 210 Å². The molecule has 0 aromatic heterocycles. The first kappa shape index (κ1) is 28.5. The van der Waals surface area contributed by atoms with Gasteiger partial charge in [-0.25, -0.2) is 17.2 Å². The Balaban J connectivity index is 2.43. The van der Waals surface area contributed by atoms with E-state index in [0.29, 0.717) is 12.1 Å². The maximum Gasteiger partial charge on any atom is 0.244 e. The highest BCUT2D eigenvalue weighted by molar-refractivity contribution is 7.92. The number of benzene rings is 2. The van der Waals surface area contributed by atoms with Crippen LogP contribution >= 0.6 is 11.6 Å². The molecular weight excluding hydrogens is 500 g/mol. The number of carbonyl (C=O) groups excluding carboxylic acids is 2. The number of halogens is 3. The summed E-state index contributed by atoms with van der Waals surface area (Å²) in [6.07, 6.45) is 1.17. The van der Waals surface area contributed by atoms with Crippen molar-refractivity contribution in [3.05, 3.63) is 64.7 Å². The lowest BCUT2D eigenvalue weighted by atomic mass is 10.1. The maximum atomic E-state index is 13.6. The van der Waals surface area contributed by atoms with Crippen molar-refractivity contribution in [2.24, 2.45) is 5.92 Å². The third-order valence-electron chi connectivity index (χ3n) is 5.21. The van der Waals surface area contributed by atoms with E-state index < -0.39 is 40.2 Å². The number of carbonyl (C=O) groups is 2. The Bertz CT molecular complexity index is 1140. The Kier molecular flexibility index (Phi) is 10.0. The molecule has 192 valence electrons. The van der Waals surface area contributed by atoms with E-state index in [1.54, 1.807) is 6.92 Å². The van der Waals surface area contributed by atoms with E-state index in [1.165, 1.54) is 35.2 Å². The minimum Gasteiger partial charge on any atom is -0.354 e. The molecule has 35 heavy (non-hydrogen) atoms. The molecule has 0 saturated carbocycles. The first-order chi connectivity index (χ1) is 16.3. The zero-order valence-corrected chi connectivity index (χ0v) is 21.7. The number of sulfonamides is 1. The molecule has 0 saturated heterocycles. The lowest BCUT2D eigenvalue weighted by Crippen LogP contribution is -2.52. The van der Waals surface area contributed by atoms with Gasteiger partial charge in [0.2, 0.25) is 21.8 Å². The average molecular weight is 530 g/mol. The van der Waals surface area contributed by atoms with Crippen LogP contribution in [0.4, 0.5) is 14.5 Å². The smallest absolute Gasteiger partial charge is 0.244 e. The quantitative estimate of drug-likeness (QED) is 0.477. The predicted octanol–water partition coefficient (Wildman–Crippen LogP) is 3.96. The van der Waals surface area contributed by atoms with Gasteiger partial charge >= 0.3 is 0 Å². The van der Waals surface area contributed by atoms with E-state index in [4.69, 9.17) is 11.6 Å². The van der Waals surface area contributed by atoms with Crippen LogP contribution in [0.25, 0.3) is 0 Å². The van der Waals surface area contributed by atoms with Gasteiger partial charge in [0.15, 0.2) is 0 Å². The number of nitrogens with zero attached hydrogens (tertiary/aromatic N) is 2. The third-order valence-corrected chi connectivity index (χ3v) is 6.64. The number of rotatable bonds is 11. The SMILES string of the molecule is CC[C@@H](C(=O)NCC(C)C)N(Cc1ccc(F)cc1)C(=O)CN(c1ccc(F)c(Cl)c1)S(C)(=O)=O. The van der Waals surface area contributed by atoms with E-state index in [2.05, 4.69) is 5.32 Å². The maximum absolute atomic E-state index is 13.6. The van der Waals surface area contributed by atoms with Crippen molar-refractivity contribution in [2.45, 2.75) is 39.8 Å². The molecule has 0 aliphatic carbocycles. The van der Waals surface area contributed by atoms with Crippen LogP contribution in [0.2, 0.25) is 5.02 Å². The normalized spacial score (nSPS) is 12.3. The molecule has 0 unspecified atom stereocenters. The molecule has 0 heterocycles. The monoisotopic (exact) mass is 529 g/mol. The molecule has 1 atom stereocenters. The minimum atomic E-state index is -3.97. The van der Waals surface area contributed by atoms with Gasteiger partial charge in [-0.15, -0.1) is 0 Å². The van der Waals surface area contributed by atoms with Crippen LogP contribution in [0.3, 0.4) is 0 Å². The van der Waals surface area contributed by atoms with Crippen LogP contribution in [0.1, 0.15) is 32.8 Å². The van der Waals surface area contributed by atoms with E-state index in [0.717, 1.165) is 22.7 Å². The molecule has 2 aromatic carbocycles. The van der Waals surface area contributed by atoms with Crippen LogP contribution in [0.5, 0.6) is 0 Å². The van der Waals surface area contributed by atoms with Crippen molar-refractivity contribution in [2.75, 3.05) is 23.7 Å². The molecule has 0 fully saturated rings. The number of amides is 2. The summed E-state index contributed by atoms with van der Waals surface area (Å²) in [6, 6.07) is 7.87. The summed E-state index contributed by atoms with van der Waals surface area (Å²) in [5.74, 6) is -2.05. The summed E-state index contributed by atoms with van der Waals surface area (Å²) in [5.41, 5.74) is 0.567.